The van der Waals surface area contributed by atoms with Crippen LogP contribution in [0.3, 0.4) is 0 Å². The lowest BCUT2D eigenvalue weighted by atomic mass is 10.1. The van der Waals surface area contributed by atoms with Gasteiger partial charge in [0.25, 0.3) is 5.56 Å². The Morgan fingerprint density at radius 3 is 2.78 bits per heavy atom. The normalized spacial score (nSPS) is 18.6. The average Bonchev–Trinajstić information content (AvgIpc) is 3.11. The molecule has 2 unspecified atom stereocenters. The summed E-state index contributed by atoms with van der Waals surface area (Å²) in [6, 6.07) is 4.32. The summed E-state index contributed by atoms with van der Waals surface area (Å²) in [5.41, 5.74) is 6.04. The molecule has 1 fully saturated rings. The number of anilines is 2. The van der Waals surface area contributed by atoms with Crippen LogP contribution in [-0.4, -0.2) is 51.1 Å². The molecule has 1 saturated heterocycles. The van der Waals surface area contributed by atoms with E-state index in [0.29, 0.717) is 35.4 Å². The number of fused-ring (bicyclic) bond motifs is 1. The van der Waals surface area contributed by atoms with Crippen molar-refractivity contribution >= 4 is 28.7 Å². The number of amides is 2. The number of aromatic nitrogens is 4. The SMILES string of the molecule is CC1CN(c2ccc(CNC(=O)NNc3nc4c(cnn4C)c(=O)[nH]3)cc2F)CC(C)O1. The van der Waals surface area contributed by atoms with Gasteiger partial charge >= 0.3 is 6.03 Å². The number of aryl methyl sites for hydroxylation is 1. The Morgan fingerprint density at radius 1 is 1.31 bits per heavy atom. The van der Waals surface area contributed by atoms with Gasteiger partial charge in [-0.3, -0.25) is 19.9 Å². The average molecular weight is 444 g/mol. The van der Waals surface area contributed by atoms with E-state index in [1.54, 1.807) is 19.2 Å². The molecule has 32 heavy (non-hydrogen) atoms. The first-order chi connectivity index (χ1) is 15.3. The number of carbonyl (C=O) groups excluding carboxylic acids is 1. The first kappa shape index (κ1) is 21.6. The summed E-state index contributed by atoms with van der Waals surface area (Å²) in [4.78, 5) is 32.8. The number of hydrogen-bond acceptors (Lipinski definition) is 7. The number of urea groups is 1. The number of aromatic amines is 1. The van der Waals surface area contributed by atoms with Crippen LogP contribution >= 0.6 is 0 Å². The summed E-state index contributed by atoms with van der Waals surface area (Å²) < 4.78 is 21.8. The Balaban J connectivity index is 1.33. The number of halogens is 1. The maximum atomic E-state index is 14.7. The molecule has 170 valence electrons. The molecule has 12 heteroatoms. The van der Waals surface area contributed by atoms with Gasteiger partial charge in [0.2, 0.25) is 5.95 Å². The quantitative estimate of drug-likeness (QED) is 0.436. The zero-order chi connectivity index (χ0) is 22.8. The molecular weight excluding hydrogens is 419 g/mol. The summed E-state index contributed by atoms with van der Waals surface area (Å²) >= 11 is 0. The summed E-state index contributed by atoms with van der Waals surface area (Å²) in [5.74, 6) is -0.291. The Bertz CT molecular complexity index is 1180. The smallest absolute Gasteiger partial charge is 0.333 e. The van der Waals surface area contributed by atoms with Gasteiger partial charge in [-0.25, -0.2) is 14.6 Å². The van der Waals surface area contributed by atoms with Crippen LogP contribution < -0.4 is 26.6 Å². The predicted molar refractivity (Wildman–Crippen MR) is 117 cm³/mol. The third-order valence-corrected chi connectivity index (χ3v) is 5.12. The van der Waals surface area contributed by atoms with Crippen molar-refractivity contribution in [3.05, 3.63) is 46.1 Å². The summed E-state index contributed by atoms with van der Waals surface area (Å²) in [7, 11) is 1.66. The van der Waals surface area contributed by atoms with Crippen LogP contribution in [0.1, 0.15) is 19.4 Å². The predicted octanol–water partition coefficient (Wildman–Crippen LogP) is 1.24. The lowest BCUT2D eigenvalue weighted by molar-refractivity contribution is -0.00539. The number of H-pyrrole nitrogens is 1. The molecular formula is C20H25FN8O3. The molecule has 0 aliphatic carbocycles. The minimum Gasteiger partial charge on any atom is -0.372 e. The van der Waals surface area contributed by atoms with Crippen LogP contribution in [0.5, 0.6) is 0 Å². The maximum Gasteiger partial charge on any atom is 0.333 e. The van der Waals surface area contributed by atoms with Crippen LogP contribution in [0.2, 0.25) is 0 Å². The summed E-state index contributed by atoms with van der Waals surface area (Å²) in [6.45, 7) is 5.28. The highest BCUT2D eigenvalue weighted by molar-refractivity contribution is 5.76. The first-order valence-electron chi connectivity index (χ1n) is 10.2. The van der Waals surface area contributed by atoms with E-state index in [-0.39, 0.29) is 36.1 Å². The van der Waals surface area contributed by atoms with Crippen LogP contribution in [-0.2, 0) is 18.3 Å². The van der Waals surface area contributed by atoms with Crippen LogP contribution in [0.25, 0.3) is 11.0 Å². The molecule has 3 aromatic rings. The van der Waals surface area contributed by atoms with Gasteiger partial charge in [-0.15, -0.1) is 0 Å². The third-order valence-electron chi connectivity index (χ3n) is 5.12. The molecule has 0 spiro atoms. The van der Waals surface area contributed by atoms with Crippen molar-refractivity contribution in [2.75, 3.05) is 23.4 Å². The Kier molecular flexibility index (Phi) is 5.95. The van der Waals surface area contributed by atoms with Gasteiger partial charge in [-0.1, -0.05) is 6.07 Å². The van der Waals surface area contributed by atoms with Crippen LogP contribution in [0.15, 0.2) is 29.2 Å². The van der Waals surface area contributed by atoms with E-state index in [1.807, 2.05) is 18.7 Å². The lowest BCUT2D eigenvalue weighted by Gasteiger charge is -2.37. The topological polar surface area (TPSA) is 129 Å². The molecule has 2 amide bonds. The zero-order valence-electron chi connectivity index (χ0n) is 18.0. The number of nitrogens with zero attached hydrogens (tertiary/aromatic N) is 4. The van der Waals surface area contributed by atoms with Crippen LogP contribution in [0, 0.1) is 5.82 Å². The number of morpholine rings is 1. The fourth-order valence-corrected chi connectivity index (χ4v) is 3.73. The molecule has 0 saturated carbocycles. The number of hydrogen-bond donors (Lipinski definition) is 4. The number of ether oxygens (including phenoxy) is 1. The molecule has 11 nitrogen and oxygen atoms in total. The van der Waals surface area contributed by atoms with Gasteiger partial charge in [-0.05, 0) is 31.5 Å². The van der Waals surface area contributed by atoms with E-state index in [0.717, 1.165) is 0 Å². The van der Waals surface area contributed by atoms with Crippen molar-refractivity contribution in [2.45, 2.75) is 32.6 Å². The molecule has 0 radical (unpaired) electrons. The minimum atomic E-state index is -0.571. The van der Waals surface area contributed by atoms with Gasteiger partial charge in [-0.2, -0.15) is 10.1 Å². The van der Waals surface area contributed by atoms with Gasteiger partial charge < -0.3 is 15.0 Å². The van der Waals surface area contributed by atoms with Crippen molar-refractivity contribution in [3.8, 4) is 0 Å². The molecule has 1 aliphatic rings. The second-order valence-electron chi connectivity index (χ2n) is 7.80. The Labute approximate surface area is 182 Å². The zero-order valence-corrected chi connectivity index (χ0v) is 18.0. The van der Waals surface area contributed by atoms with E-state index in [1.165, 1.54) is 16.9 Å². The summed E-state index contributed by atoms with van der Waals surface area (Å²) in [6.07, 6.45) is 1.47. The Hall–Kier alpha value is -3.67. The maximum absolute atomic E-state index is 14.7. The van der Waals surface area contributed by atoms with E-state index in [4.69, 9.17) is 4.74 Å². The first-order valence-corrected chi connectivity index (χ1v) is 10.2. The molecule has 0 bridgehead atoms. The number of hydrazine groups is 1. The highest BCUT2D eigenvalue weighted by atomic mass is 19.1. The van der Waals surface area contributed by atoms with E-state index in [9.17, 15) is 14.0 Å². The monoisotopic (exact) mass is 444 g/mol. The van der Waals surface area contributed by atoms with E-state index >= 15 is 0 Å². The van der Waals surface area contributed by atoms with E-state index in [2.05, 4.69) is 31.2 Å². The van der Waals surface area contributed by atoms with Gasteiger partial charge in [0.1, 0.15) is 11.2 Å². The van der Waals surface area contributed by atoms with Crippen molar-refractivity contribution in [3.63, 3.8) is 0 Å². The molecule has 3 heterocycles. The number of rotatable bonds is 5. The van der Waals surface area contributed by atoms with Gasteiger partial charge in [0.15, 0.2) is 5.65 Å². The van der Waals surface area contributed by atoms with Crippen molar-refractivity contribution in [1.82, 2.24) is 30.5 Å². The standard InChI is InChI=1S/C20H25FN8O3/c1-11-9-29(10-12(2)32-11)16-5-4-13(6-15(16)21)7-22-20(31)27-26-19-24-17-14(18(30)25-19)8-23-28(17)3/h4-6,8,11-12H,7,9-10H2,1-3H3,(H2,22,27,31)(H2,24,25,26,30). The summed E-state index contributed by atoms with van der Waals surface area (Å²) in [5, 5.41) is 6.93. The Morgan fingerprint density at radius 2 is 2.06 bits per heavy atom. The van der Waals surface area contributed by atoms with Crippen molar-refractivity contribution in [2.24, 2.45) is 7.05 Å². The number of benzene rings is 1. The largest absolute Gasteiger partial charge is 0.372 e. The van der Waals surface area contributed by atoms with Gasteiger partial charge in [0.05, 0.1) is 24.1 Å². The molecule has 1 aromatic carbocycles. The lowest BCUT2D eigenvalue weighted by Crippen LogP contribution is -2.45. The second-order valence-corrected chi connectivity index (χ2v) is 7.80. The minimum absolute atomic E-state index is 0.0266. The van der Waals surface area contributed by atoms with Crippen molar-refractivity contribution in [1.29, 1.82) is 0 Å². The molecule has 2 aromatic heterocycles. The molecule has 2 atom stereocenters. The fourth-order valence-electron chi connectivity index (χ4n) is 3.73. The number of nitrogens with one attached hydrogen (secondary N) is 4. The third kappa shape index (κ3) is 4.64. The van der Waals surface area contributed by atoms with E-state index < -0.39 is 6.03 Å². The molecule has 4 rings (SSSR count). The fraction of sp³-hybridized carbons (Fsp3) is 0.400. The second kappa shape index (κ2) is 8.83. The highest BCUT2D eigenvalue weighted by Gasteiger charge is 2.24. The van der Waals surface area contributed by atoms with Gasteiger partial charge in [0, 0.05) is 26.7 Å². The van der Waals surface area contributed by atoms with Crippen LogP contribution in [0.4, 0.5) is 20.8 Å². The van der Waals surface area contributed by atoms with Crippen molar-refractivity contribution < 1.29 is 13.9 Å². The highest BCUT2D eigenvalue weighted by Crippen LogP contribution is 2.24. The molecule has 1 aliphatic heterocycles. The number of carbonyl (C=O) groups is 1. The molecule has 4 N–H and O–H groups in total.